The van der Waals surface area contributed by atoms with Crippen molar-refractivity contribution < 1.29 is 9.47 Å². The van der Waals surface area contributed by atoms with Crippen molar-refractivity contribution in [2.24, 2.45) is 12.9 Å². The van der Waals surface area contributed by atoms with Crippen LogP contribution < -0.4 is 11.3 Å². The summed E-state index contributed by atoms with van der Waals surface area (Å²) in [7, 11) is 3.50. The first-order valence-corrected chi connectivity index (χ1v) is 5.70. The van der Waals surface area contributed by atoms with Crippen molar-refractivity contribution in [3.05, 3.63) is 16.4 Å². The number of nitrogens with one attached hydrogen (secondary N) is 1. The Labute approximate surface area is 103 Å². The molecule has 0 amide bonds. The van der Waals surface area contributed by atoms with Crippen molar-refractivity contribution in [1.29, 1.82) is 0 Å². The van der Waals surface area contributed by atoms with Gasteiger partial charge in [0, 0.05) is 14.2 Å². The Balaban J connectivity index is 2.54. The summed E-state index contributed by atoms with van der Waals surface area (Å²) < 4.78 is 13.0. The summed E-state index contributed by atoms with van der Waals surface area (Å²) in [5.74, 6) is 5.49. The normalized spacial score (nSPS) is 13.0. The number of aryl methyl sites for hydroxylation is 1. The quantitative estimate of drug-likeness (QED) is 0.431. The predicted molar refractivity (Wildman–Crippen MR) is 63.7 cm³/mol. The fourth-order valence-corrected chi connectivity index (χ4v) is 1.99. The monoisotopic (exact) mass is 292 g/mol. The van der Waals surface area contributed by atoms with Gasteiger partial charge in [-0.15, -0.1) is 0 Å². The molecule has 0 bridgehead atoms. The lowest BCUT2D eigenvalue weighted by molar-refractivity contribution is 0.0574. The Kier molecular flexibility index (Phi) is 5.93. The summed E-state index contributed by atoms with van der Waals surface area (Å²) >= 11 is 3.42. The van der Waals surface area contributed by atoms with Crippen molar-refractivity contribution >= 4 is 15.9 Å². The number of nitrogens with zero attached hydrogens (tertiary/aromatic N) is 2. The average molecular weight is 293 g/mol. The van der Waals surface area contributed by atoms with Gasteiger partial charge in [0.25, 0.3) is 0 Å². The highest BCUT2D eigenvalue weighted by atomic mass is 79.9. The third-order valence-electron chi connectivity index (χ3n) is 2.19. The smallest absolute Gasteiger partial charge is 0.0873 e. The Bertz CT molecular complexity index is 299. The number of hydrazine groups is 1. The van der Waals surface area contributed by atoms with Crippen LogP contribution in [0.25, 0.3) is 0 Å². The molecular formula is C9H17BrN4O2. The van der Waals surface area contributed by atoms with E-state index in [4.69, 9.17) is 15.3 Å². The van der Waals surface area contributed by atoms with Crippen LogP contribution in [0, 0.1) is 0 Å². The highest BCUT2D eigenvalue weighted by Gasteiger charge is 2.17. The number of rotatable bonds is 7. The Hall–Kier alpha value is -0.470. The molecule has 0 aliphatic rings. The molecule has 0 fully saturated rings. The molecule has 0 aliphatic carbocycles. The van der Waals surface area contributed by atoms with Crippen molar-refractivity contribution in [1.82, 2.24) is 15.2 Å². The van der Waals surface area contributed by atoms with Crippen LogP contribution in [0.15, 0.2) is 10.7 Å². The lowest BCUT2D eigenvalue weighted by Crippen LogP contribution is -2.33. The van der Waals surface area contributed by atoms with Gasteiger partial charge in [0.15, 0.2) is 0 Å². The van der Waals surface area contributed by atoms with Gasteiger partial charge in [-0.3, -0.25) is 10.5 Å². The zero-order valence-electron chi connectivity index (χ0n) is 9.44. The van der Waals surface area contributed by atoms with Crippen LogP contribution in [-0.2, 0) is 16.5 Å². The van der Waals surface area contributed by atoms with Crippen LogP contribution >= 0.6 is 15.9 Å². The average Bonchev–Trinajstić information content (AvgIpc) is 2.60. The predicted octanol–water partition coefficient (Wildman–Crippen LogP) is 0.350. The largest absolute Gasteiger partial charge is 0.382 e. The zero-order chi connectivity index (χ0) is 12.0. The van der Waals surface area contributed by atoms with Crippen molar-refractivity contribution in [2.45, 2.75) is 6.04 Å². The molecule has 0 spiro atoms. The van der Waals surface area contributed by atoms with Crippen LogP contribution in [0.4, 0.5) is 0 Å². The van der Waals surface area contributed by atoms with Gasteiger partial charge in [-0.2, -0.15) is 5.10 Å². The molecule has 1 rings (SSSR count). The molecule has 92 valence electrons. The van der Waals surface area contributed by atoms with E-state index < -0.39 is 0 Å². The Morgan fingerprint density at radius 3 is 2.88 bits per heavy atom. The van der Waals surface area contributed by atoms with E-state index in [1.165, 1.54) is 0 Å². The number of aromatic nitrogens is 2. The van der Waals surface area contributed by atoms with Gasteiger partial charge >= 0.3 is 0 Å². The maximum Gasteiger partial charge on any atom is 0.0873 e. The first kappa shape index (κ1) is 13.6. The van der Waals surface area contributed by atoms with E-state index in [2.05, 4.69) is 26.5 Å². The number of hydrogen-bond acceptors (Lipinski definition) is 5. The van der Waals surface area contributed by atoms with E-state index >= 15 is 0 Å². The molecule has 0 saturated heterocycles. The van der Waals surface area contributed by atoms with Crippen LogP contribution in [0.1, 0.15) is 11.7 Å². The number of nitrogens with two attached hydrogens (primary N) is 1. The van der Waals surface area contributed by atoms with E-state index in [-0.39, 0.29) is 6.04 Å². The fraction of sp³-hybridized carbons (Fsp3) is 0.667. The van der Waals surface area contributed by atoms with Crippen LogP contribution in [-0.4, -0.2) is 36.7 Å². The molecule has 0 radical (unpaired) electrons. The van der Waals surface area contributed by atoms with E-state index in [9.17, 15) is 0 Å². The molecule has 0 saturated carbocycles. The minimum absolute atomic E-state index is 0.0984. The molecule has 1 aromatic heterocycles. The zero-order valence-corrected chi connectivity index (χ0v) is 11.0. The lowest BCUT2D eigenvalue weighted by Gasteiger charge is -2.17. The van der Waals surface area contributed by atoms with Crippen LogP contribution in [0.5, 0.6) is 0 Å². The molecule has 1 aromatic rings. The molecule has 0 aliphatic heterocycles. The summed E-state index contributed by atoms with van der Waals surface area (Å²) in [6, 6.07) is -0.0984. The van der Waals surface area contributed by atoms with Gasteiger partial charge < -0.3 is 9.47 Å². The van der Waals surface area contributed by atoms with Gasteiger partial charge in [-0.1, -0.05) is 0 Å². The first-order chi connectivity index (χ1) is 7.70. The highest BCUT2D eigenvalue weighted by Crippen LogP contribution is 2.22. The molecular weight excluding hydrogens is 276 g/mol. The lowest BCUT2D eigenvalue weighted by atomic mass is 10.2. The maximum atomic E-state index is 5.49. The molecule has 1 atom stereocenters. The highest BCUT2D eigenvalue weighted by molar-refractivity contribution is 9.10. The molecule has 1 heterocycles. The molecule has 16 heavy (non-hydrogen) atoms. The Morgan fingerprint density at radius 1 is 1.62 bits per heavy atom. The second kappa shape index (κ2) is 6.97. The summed E-state index contributed by atoms with van der Waals surface area (Å²) in [5, 5.41) is 4.12. The second-order valence-corrected chi connectivity index (χ2v) is 4.14. The second-order valence-electron chi connectivity index (χ2n) is 3.29. The maximum absolute atomic E-state index is 5.49. The summed E-state index contributed by atoms with van der Waals surface area (Å²) in [6.07, 6.45) is 1.73. The molecule has 7 heteroatoms. The summed E-state index contributed by atoms with van der Waals surface area (Å²) in [5.41, 5.74) is 3.66. The van der Waals surface area contributed by atoms with E-state index in [1.807, 2.05) is 7.05 Å². The molecule has 1 unspecified atom stereocenters. The topological polar surface area (TPSA) is 74.3 Å². The van der Waals surface area contributed by atoms with Crippen LogP contribution in [0.2, 0.25) is 0 Å². The summed E-state index contributed by atoms with van der Waals surface area (Å²) in [6.45, 7) is 1.59. The standard InChI is InChI=1S/C9H17BrN4O2/c1-14-9(7(10)5-12-14)8(13-11)6-16-4-3-15-2/h5,8,13H,3-4,6,11H2,1-2H3. The number of halogens is 1. The van der Waals surface area contributed by atoms with Crippen molar-refractivity contribution in [3.8, 4) is 0 Å². The number of hydrogen-bond donors (Lipinski definition) is 2. The van der Waals surface area contributed by atoms with Crippen molar-refractivity contribution in [3.63, 3.8) is 0 Å². The number of methoxy groups -OCH3 is 1. The third kappa shape index (κ3) is 3.53. The number of ether oxygens (including phenoxy) is 2. The van der Waals surface area contributed by atoms with E-state index in [1.54, 1.807) is 18.0 Å². The fourth-order valence-electron chi connectivity index (χ4n) is 1.36. The molecule has 3 N–H and O–H groups in total. The molecule has 6 nitrogen and oxygen atoms in total. The van der Waals surface area contributed by atoms with Crippen LogP contribution in [0.3, 0.4) is 0 Å². The summed E-state index contributed by atoms with van der Waals surface area (Å²) in [4.78, 5) is 0. The van der Waals surface area contributed by atoms with Gasteiger partial charge in [0.1, 0.15) is 0 Å². The minimum Gasteiger partial charge on any atom is -0.382 e. The van der Waals surface area contributed by atoms with Crippen molar-refractivity contribution in [2.75, 3.05) is 26.9 Å². The van der Waals surface area contributed by atoms with Gasteiger partial charge in [0.2, 0.25) is 0 Å². The first-order valence-electron chi connectivity index (χ1n) is 4.91. The minimum atomic E-state index is -0.0984. The third-order valence-corrected chi connectivity index (χ3v) is 2.80. The van der Waals surface area contributed by atoms with Gasteiger partial charge in [-0.05, 0) is 15.9 Å². The van der Waals surface area contributed by atoms with Gasteiger partial charge in [0.05, 0.1) is 42.2 Å². The SMILES string of the molecule is COCCOCC(NN)c1c(Br)cnn1C. The van der Waals surface area contributed by atoms with E-state index in [0.29, 0.717) is 19.8 Å². The molecule has 0 aromatic carbocycles. The van der Waals surface area contributed by atoms with E-state index in [0.717, 1.165) is 10.2 Å². The van der Waals surface area contributed by atoms with Gasteiger partial charge in [-0.25, -0.2) is 5.43 Å². The Morgan fingerprint density at radius 2 is 2.38 bits per heavy atom.